The second kappa shape index (κ2) is 11.3. The zero-order valence-electron chi connectivity index (χ0n) is 21.7. The molecule has 2 amide bonds. The highest BCUT2D eigenvalue weighted by Gasteiger charge is 2.34. The first kappa shape index (κ1) is 25.2. The zero-order valence-corrected chi connectivity index (χ0v) is 21.7. The molecule has 8 nitrogen and oxygen atoms in total. The third-order valence-corrected chi connectivity index (χ3v) is 6.92. The summed E-state index contributed by atoms with van der Waals surface area (Å²) in [6.07, 6.45) is 5.60. The molecule has 8 heteroatoms. The standard InChI is InChI=1S/C32H27N3O5/c36-31(34-20-22-12-15-33-16-13-22)28-11-10-26(40-28)21-39-25-9-8-23-14-17-35(32(37)29-7-4-18-38-29)30(27(23)19-25)24-5-2-1-3-6-24/h1-13,15-16,18-19,30H,14,17,20-21H2,(H,34,36)/t30-/m0/s1. The minimum absolute atomic E-state index is 0.152. The lowest BCUT2D eigenvalue weighted by molar-refractivity contribution is 0.0661. The molecule has 0 unspecified atom stereocenters. The van der Waals surface area contributed by atoms with Gasteiger partial charge in [-0.3, -0.25) is 14.6 Å². The van der Waals surface area contributed by atoms with Crippen LogP contribution in [-0.4, -0.2) is 28.2 Å². The second-order valence-electron chi connectivity index (χ2n) is 9.49. The van der Waals surface area contributed by atoms with Gasteiger partial charge in [0, 0.05) is 25.5 Å². The van der Waals surface area contributed by atoms with Gasteiger partial charge in [0.15, 0.2) is 11.5 Å². The Morgan fingerprint density at radius 1 is 0.950 bits per heavy atom. The molecule has 5 aromatic rings. The summed E-state index contributed by atoms with van der Waals surface area (Å²) in [7, 11) is 0. The van der Waals surface area contributed by atoms with Crippen molar-refractivity contribution in [2.45, 2.75) is 25.6 Å². The molecule has 1 aliphatic rings. The van der Waals surface area contributed by atoms with Gasteiger partial charge in [0.25, 0.3) is 11.8 Å². The molecule has 2 aromatic carbocycles. The minimum atomic E-state index is -0.302. The fourth-order valence-electron chi connectivity index (χ4n) is 4.94. The summed E-state index contributed by atoms with van der Waals surface area (Å²) in [4.78, 5) is 31.7. The summed E-state index contributed by atoms with van der Waals surface area (Å²) in [6.45, 7) is 1.11. The fourth-order valence-corrected chi connectivity index (χ4v) is 4.94. The van der Waals surface area contributed by atoms with E-state index in [-0.39, 0.29) is 30.2 Å². The summed E-state index contributed by atoms with van der Waals surface area (Å²) < 4.78 is 17.2. The van der Waals surface area contributed by atoms with Gasteiger partial charge >= 0.3 is 0 Å². The molecule has 3 aromatic heterocycles. The number of hydrogen-bond acceptors (Lipinski definition) is 6. The number of nitrogens with zero attached hydrogens (tertiary/aromatic N) is 2. The Morgan fingerprint density at radius 2 is 1.80 bits per heavy atom. The van der Waals surface area contributed by atoms with E-state index in [1.54, 1.807) is 36.7 Å². The lowest BCUT2D eigenvalue weighted by Crippen LogP contribution is -2.40. The first-order valence-electron chi connectivity index (χ1n) is 13.1. The van der Waals surface area contributed by atoms with Crippen molar-refractivity contribution in [3.63, 3.8) is 0 Å². The number of fused-ring (bicyclic) bond motifs is 1. The van der Waals surface area contributed by atoms with Crippen LogP contribution in [0.15, 0.2) is 112 Å². The van der Waals surface area contributed by atoms with Crippen molar-refractivity contribution in [3.05, 3.63) is 143 Å². The van der Waals surface area contributed by atoms with Crippen LogP contribution in [0.1, 0.15) is 55.2 Å². The van der Waals surface area contributed by atoms with Crippen molar-refractivity contribution >= 4 is 11.8 Å². The number of aromatic nitrogens is 1. The molecule has 1 aliphatic heterocycles. The van der Waals surface area contributed by atoms with Crippen LogP contribution in [0, 0.1) is 0 Å². The third-order valence-electron chi connectivity index (χ3n) is 6.92. The number of amides is 2. The maximum Gasteiger partial charge on any atom is 0.290 e. The molecular formula is C32H27N3O5. The van der Waals surface area contributed by atoms with Crippen molar-refractivity contribution in [2.24, 2.45) is 0 Å². The van der Waals surface area contributed by atoms with Gasteiger partial charge in [0.1, 0.15) is 18.1 Å². The van der Waals surface area contributed by atoms with Crippen LogP contribution in [0.2, 0.25) is 0 Å². The second-order valence-corrected chi connectivity index (χ2v) is 9.49. The van der Waals surface area contributed by atoms with Crippen LogP contribution in [-0.2, 0) is 19.6 Å². The smallest absolute Gasteiger partial charge is 0.290 e. The van der Waals surface area contributed by atoms with Crippen molar-refractivity contribution in [1.82, 2.24) is 15.2 Å². The minimum Gasteiger partial charge on any atom is -0.486 e. The highest BCUT2D eigenvalue weighted by molar-refractivity contribution is 5.92. The predicted molar refractivity (Wildman–Crippen MR) is 147 cm³/mol. The average Bonchev–Trinajstić information content (AvgIpc) is 3.72. The molecule has 6 rings (SSSR count). The van der Waals surface area contributed by atoms with Gasteiger partial charge < -0.3 is 23.8 Å². The molecule has 200 valence electrons. The number of benzene rings is 2. The zero-order chi connectivity index (χ0) is 27.3. The molecule has 0 fully saturated rings. The van der Waals surface area contributed by atoms with Crippen molar-refractivity contribution in [1.29, 1.82) is 0 Å². The topological polar surface area (TPSA) is 97.8 Å². The van der Waals surface area contributed by atoms with Crippen molar-refractivity contribution in [2.75, 3.05) is 6.54 Å². The summed E-state index contributed by atoms with van der Waals surface area (Å²) in [5.74, 6) is 1.25. The van der Waals surface area contributed by atoms with Gasteiger partial charge in [-0.15, -0.1) is 0 Å². The SMILES string of the molecule is O=C(NCc1ccncc1)c1ccc(COc2ccc3c(c2)[C@H](c2ccccc2)N(C(=O)c2ccco2)CC3)o1. The Bertz CT molecular complexity index is 1600. The van der Waals surface area contributed by atoms with Crippen LogP contribution in [0.5, 0.6) is 5.75 Å². The van der Waals surface area contributed by atoms with Gasteiger partial charge in [-0.2, -0.15) is 0 Å². The number of carbonyl (C=O) groups excluding carboxylic acids is 2. The van der Waals surface area contributed by atoms with Crippen LogP contribution in [0.25, 0.3) is 0 Å². The fraction of sp³-hybridized carbons (Fsp3) is 0.156. The lowest BCUT2D eigenvalue weighted by Gasteiger charge is -2.37. The van der Waals surface area contributed by atoms with Crippen molar-refractivity contribution in [3.8, 4) is 5.75 Å². The molecule has 0 bridgehead atoms. The molecular weight excluding hydrogens is 506 g/mol. The van der Waals surface area contributed by atoms with E-state index in [9.17, 15) is 9.59 Å². The Hall–Kier alpha value is -5.11. The number of furan rings is 2. The number of hydrogen-bond donors (Lipinski definition) is 1. The van der Waals surface area contributed by atoms with Gasteiger partial charge in [-0.25, -0.2) is 0 Å². The number of nitrogens with one attached hydrogen (secondary N) is 1. The van der Waals surface area contributed by atoms with Crippen LogP contribution >= 0.6 is 0 Å². The van der Waals surface area contributed by atoms with E-state index in [1.807, 2.05) is 59.5 Å². The monoisotopic (exact) mass is 533 g/mol. The molecule has 4 heterocycles. The molecule has 1 atom stereocenters. The summed E-state index contributed by atoms with van der Waals surface area (Å²) >= 11 is 0. The molecule has 0 radical (unpaired) electrons. The molecule has 40 heavy (non-hydrogen) atoms. The Balaban J connectivity index is 1.18. The largest absolute Gasteiger partial charge is 0.486 e. The molecule has 0 spiro atoms. The van der Waals surface area contributed by atoms with E-state index in [4.69, 9.17) is 13.6 Å². The Labute approximate surface area is 231 Å². The molecule has 1 N–H and O–H groups in total. The van der Waals surface area contributed by atoms with E-state index < -0.39 is 0 Å². The maximum absolute atomic E-state index is 13.4. The molecule has 0 saturated heterocycles. The summed E-state index contributed by atoms with van der Waals surface area (Å²) in [6, 6.07) is 26.1. The number of ether oxygens (including phenoxy) is 1. The average molecular weight is 534 g/mol. The third kappa shape index (κ3) is 5.37. The van der Waals surface area contributed by atoms with E-state index in [0.29, 0.717) is 30.4 Å². The Morgan fingerprint density at radius 3 is 2.60 bits per heavy atom. The normalized spacial score (nSPS) is 14.4. The summed E-state index contributed by atoms with van der Waals surface area (Å²) in [5.41, 5.74) is 4.12. The number of carbonyl (C=O) groups is 2. The molecule has 0 saturated carbocycles. The lowest BCUT2D eigenvalue weighted by atomic mass is 9.87. The number of pyridine rings is 1. The van der Waals surface area contributed by atoms with Gasteiger partial charge in [-0.05, 0) is 77.2 Å². The van der Waals surface area contributed by atoms with Gasteiger partial charge in [0.05, 0.1) is 12.3 Å². The van der Waals surface area contributed by atoms with E-state index >= 15 is 0 Å². The highest BCUT2D eigenvalue weighted by Crippen LogP contribution is 2.38. The van der Waals surface area contributed by atoms with Gasteiger partial charge in [-0.1, -0.05) is 36.4 Å². The number of rotatable bonds is 8. The van der Waals surface area contributed by atoms with Crippen LogP contribution in [0.4, 0.5) is 0 Å². The predicted octanol–water partition coefficient (Wildman–Crippen LogP) is 5.56. The van der Waals surface area contributed by atoms with E-state index in [2.05, 4.69) is 16.4 Å². The summed E-state index contributed by atoms with van der Waals surface area (Å²) in [5, 5.41) is 2.84. The van der Waals surface area contributed by atoms with Crippen LogP contribution < -0.4 is 10.1 Å². The molecule has 0 aliphatic carbocycles. The van der Waals surface area contributed by atoms with Crippen LogP contribution in [0.3, 0.4) is 0 Å². The van der Waals surface area contributed by atoms with E-state index in [0.717, 1.165) is 28.7 Å². The first-order chi connectivity index (χ1) is 19.7. The highest BCUT2D eigenvalue weighted by atomic mass is 16.5. The van der Waals surface area contributed by atoms with Crippen molar-refractivity contribution < 1.29 is 23.2 Å². The first-order valence-corrected chi connectivity index (χ1v) is 13.1. The quantitative estimate of drug-likeness (QED) is 0.280. The van der Waals surface area contributed by atoms with Gasteiger partial charge in [0.2, 0.25) is 0 Å². The van der Waals surface area contributed by atoms with E-state index in [1.165, 1.54) is 6.26 Å². The Kier molecular flexibility index (Phi) is 7.13. The maximum atomic E-state index is 13.4.